The first-order chi connectivity index (χ1) is 52.4. The second-order valence-electron chi connectivity index (χ2n) is 32.1. The number of hydrogen-bond acceptors (Lipinski definition) is 20. The van der Waals surface area contributed by atoms with Crippen LogP contribution in [0.1, 0.15) is 374 Å². The minimum atomic E-state index is -3.08. The maximum Gasteiger partial charge on any atom is 0.364 e. The van der Waals surface area contributed by atoms with Crippen molar-refractivity contribution in [3.63, 3.8) is 0 Å². The lowest BCUT2D eigenvalue weighted by Crippen LogP contribution is -2.70. The summed E-state index contributed by atoms with van der Waals surface area (Å²) in [6.07, 6.45) is 42.2. The Morgan fingerprint density at radius 3 is 1.25 bits per heavy atom. The molecule has 3 fully saturated rings. The van der Waals surface area contributed by atoms with E-state index < -0.39 is 148 Å². The fourth-order valence-electron chi connectivity index (χ4n) is 15.5. The van der Waals surface area contributed by atoms with Gasteiger partial charge in [0.2, 0.25) is 11.8 Å². The summed E-state index contributed by atoms with van der Waals surface area (Å²) in [5.74, 6) is -6.09. The molecule has 18 unspecified atom stereocenters. The van der Waals surface area contributed by atoms with Gasteiger partial charge in [0.05, 0.1) is 50.7 Å². The van der Waals surface area contributed by atoms with Gasteiger partial charge in [-0.2, -0.15) is 0 Å². The van der Waals surface area contributed by atoms with E-state index in [1.54, 1.807) is 0 Å². The van der Waals surface area contributed by atoms with E-state index in [2.05, 4.69) is 36.6 Å². The molecule has 0 bridgehead atoms. The van der Waals surface area contributed by atoms with Crippen molar-refractivity contribution in [1.82, 2.24) is 10.6 Å². The molecular formula is C85H160N2O21. The molecule has 0 aromatic carbocycles. The third-order valence-electron chi connectivity index (χ3n) is 22.5. The molecule has 0 aromatic heterocycles. The Labute approximate surface area is 651 Å². The standard InChI is InChI=1S/C85H160N2O21/c1-4-6-8-10-12-14-16-18-20-22-24-26-27-28-29-30-31-32-33-34-35-36-37-39-41-43-45-47-49-51-53-55-57-59-72(95)87-66(67(92)58-56-54-52-50-48-46-44-42-40-38-25-23-21-19-17-15-13-11-9-7-5-2)64-103-82-77(99)76(98)79(71(63-90)105-82)106-83-78(100)81(75(97)70(62-89)104-83)108-85(84(101)102)60-68(93)73(86-65(3)91)80(107-85)74(96)69(94)61-88/h28-29,66-71,73-83,88-90,92-94,96-100H,4-27,30-64H2,1-3H3,(H,86,91)(H,87,95)(H,101,102)/b29-28-. The molecule has 636 valence electrons. The zero-order valence-corrected chi connectivity index (χ0v) is 67.7. The highest BCUT2D eigenvalue weighted by Crippen LogP contribution is 2.39. The molecule has 14 N–H and O–H groups in total. The molecule has 2 amide bonds. The summed E-state index contributed by atoms with van der Waals surface area (Å²) < 4.78 is 35.0. The van der Waals surface area contributed by atoms with Crippen LogP contribution in [-0.2, 0) is 42.8 Å². The first kappa shape index (κ1) is 99.7. The topological polar surface area (TPSA) is 373 Å². The number of aliphatic hydroxyl groups excluding tert-OH is 11. The summed E-state index contributed by atoms with van der Waals surface area (Å²) in [4.78, 5) is 38.8. The second-order valence-corrected chi connectivity index (χ2v) is 32.1. The highest BCUT2D eigenvalue weighted by molar-refractivity contribution is 5.77. The molecule has 3 aliphatic heterocycles. The molecule has 3 saturated heterocycles. The highest BCUT2D eigenvalue weighted by Gasteiger charge is 2.60. The van der Waals surface area contributed by atoms with Gasteiger partial charge in [-0.25, -0.2) is 4.79 Å². The molecular weight excluding hydrogens is 1380 g/mol. The molecule has 3 aliphatic rings. The number of carboxylic acid groups (broad SMARTS) is 1. The van der Waals surface area contributed by atoms with Crippen LogP contribution in [0.25, 0.3) is 0 Å². The van der Waals surface area contributed by atoms with Crippen LogP contribution in [0.15, 0.2) is 12.2 Å². The molecule has 3 rings (SSSR count). The third kappa shape index (κ3) is 42.7. The Hall–Kier alpha value is -2.53. The molecule has 0 radical (unpaired) electrons. The van der Waals surface area contributed by atoms with Gasteiger partial charge in [-0.05, 0) is 38.5 Å². The predicted octanol–water partition coefficient (Wildman–Crippen LogP) is 13.3. The summed E-state index contributed by atoms with van der Waals surface area (Å²) >= 11 is 0. The third-order valence-corrected chi connectivity index (χ3v) is 22.5. The number of allylic oxidation sites excluding steroid dienone is 2. The number of carbonyl (C=O) groups excluding carboxylic acids is 2. The largest absolute Gasteiger partial charge is 0.477 e. The van der Waals surface area contributed by atoms with E-state index in [9.17, 15) is 75.7 Å². The van der Waals surface area contributed by atoms with Gasteiger partial charge in [-0.1, -0.05) is 328 Å². The van der Waals surface area contributed by atoms with E-state index in [0.29, 0.717) is 19.3 Å². The maximum atomic E-state index is 13.6. The highest BCUT2D eigenvalue weighted by atomic mass is 16.8. The Morgan fingerprint density at radius 2 is 0.861 bits per heavy atom. The number of carbonyl (C=O) groups is 3. The Balaban J connectivity index is 1.45. The first-order valence-electron chi connectivity index (χ1n) is 44.0. The Bertz CT molecular complexity index is 2190. The van der Waals surface area contributed by atoms with Crippen LogP contribution in [0.3, 0.4) is 0 Å². The summed E-state index contributed by atoms with van der Waals surface area (Å²) in [7, 11) is 0. The molecule has 0 aliphatic carbocycles. The van der Waals surface area contributed by atoms with E-state index in [4.69, 9.17) is 28.4 Å². The fraction of sp³-hybridized carbons (Fsp3) is 0.941. The summed E-state index contributed by atoms with van der Waals surface area (Å²) in [6.45, 7) is 2.28. The van der Waals surface area contributed by atoms with Crippen molar-refractivity contribution < 1.29 is 104 Å². The molecule has 0 saturated carbocycles. The fourth-order valence-corrected chi connectivity index (χ4v) is 15.5. The van der Waals surface area contributed by atoms with Crippen LogP contribution in [0.4, 0.5) is 0 Å². The van der Waals surface area contributed by atoms with Gasteiger partial charge in [-0.15, -0.1) is 0 Å². The van der Waals surface area contributed by atoms with Gasteiger partial charge in [0.15, 0.2) is 12.6 Å². The Kier molecular flexibility index (Phi) is 58.8. The van der Waals surface area contributed by atoms with Gasteiger partial charge < -0.3 is 100 Å². The lowest BCUT2D eigenvalue weighted by atomic mass is 9.88. The zero-order valence-electron chi connectivity index (χ0n) is 67.7. The van der Waals surface area contributed by atoms with Crippen molar-refractivity contribution in [2.24, 2.45) is 0 Å². The average molecular weight is 1550 g/mol. The minimum absolute atomic E-state index is 0.228. The molecule has 108 heavy (non-hydrogen) atoms. The number of amides is 2. The smallest absolute Gasteiger partial charge is 0.364 e. The second kappa shape index (κ2) is 63.7. The first-order valence-corrected chi connectivity index (χ1v) is 44.0. The van der Waals surface area contributed by atoms with Crippen LogP contribution in [-0.4, -0.2) is 215 Å². The van der Waals surface area contributed by atoms with Gasteiger partial charge in [0.25, 0.3) is 5.79 Å². The monoisotopic (exact) mass is 1550 g/mol. The predicted molar refractivity (Wildman–Crippen MR) is 422 cm³/mol. The van der Waals surface area contributed by atoms with E-state index in [0.717, 1.165) is 58.3 Å². The number of rotatable bonds is 71. The van der Waals surface area contributed by atoms with Crippen LogP contribution >= 0.6 is 0 Å². The van der Waals surface area contributed by atoms with Gasteiger partial charge in [0, 0.05) is 19.8 Å². The van der Waals surface area contributed by atoms with Gasteiger partial charge >= 0.3 is 5.97 Å². The van der Waals surface area contributed by atoms with Crippen molar-refractivity contribution >= 4 is 17.8 Å². The average Bonchev–Trinajstić information content (AvgIpc) is 0.754. The summed E-state index contributed by atoms with van der Waals surface area (Å²) in [5.41, 5.74) is 0. The SMILES string of the molecule is CCCCCCCCCCCCCC/C=C\CCCCCCCCCCCCCCCCCCCC(=O)NC(COC1OC(CO)C(OC2OC(CO)C(O)C(OC3(C(=O)O)CC(O)C(NC(C)=O)C(C(O)C(O)CO)O3)C2O)C(O)C1O)C(O)CCCCCCCCCCCCCCCCCCCCCCC. The number of ether oxygens (including phenoxy) is 6. The number of nitrogens with one attached hydrogen (secondary N) is 2. The molecule has 0 aromatic rings. The lowest BCUT2D eigenvalue weighted by molar-refractivity contribution is -0.386. The van der Waals surface area contributed by atoms with E-state index in [1.807, 2.05) is 0 Å². The number of unbranched alkanes of at least 4 members (excludes halogenated alkanes) is 49. The number of aliphatic hydroxyl groups is 11. The molecule has 0 spiro atoms. The van der Waals surface area contributed by atoms with Crippen LogP contribution in [0.2, 0.25) is 0 Å². The van der Waals surface area contributed by atoms with Crippen LogP contribution in [0.5, 0.6) is 0 Å². The molecule has 23 heteroatoms. The van der Waals surface area contributed by atoms with Crippen LogP contribution < -0.4 is 10.6 Å². The Morgan fingerprint density at radius 1 is 0.472 bits per heavy atom. The summed E-state index contributed by atoms with van der Waals surface area (Å²) in [5, 5.41) is 137. The quantitative estimate of drug-likeness (QED) is 0.0199. The number of carboxylic acids is 1. The van der Waals surface area contributed by atoms with E-state index in [-0.39, 0.29) is 18.9 Å². The normalized spacial score (nSPS) is 25.9. The van der Waals surface area contributed by atoms with Gasteiger partial charge in [0.1, 0.15) is 67.1 Å². The minimum Gasteiger partial charge on any atom is -0.477 e. The summed E-state index contributed by atoms with van der Waals surface area (Å²) in [6, 6.07) is -2.53. The zero-order chi connectivity index (χ0) is 78.8. The van der Waals surface area contributed by atoms with Crippen molar-refractivity contribution in [1.29, 1.82) is 0 Å². The van der Waals surface area contributed by atoms with Crippen LogP contribution in [0, 0.1) is 0 Å². The van der Waals surface area contributed by atoms with Crippen molar-refractivity contribution in [3.8, 4) is 0 Å². The van der Waals surface area contributed by atoms with E-state index in [1.165, 1.54) is 270 Å². The van der Waals surface area contributed by atoms with Crippen molar-refractivity contribution in [2.45, 2.75) is 484 Å². The number of aliphatic carboxylic acids is 1. The van der Waals surface area contributed by atoms with E-state index >= 15 is 0 Å². The molecule has 23 nitrogen and oxygen atoms in total. The molecule has 18 atom stereocenters. The van der Waals surface area contributed by atoms with Crippen molar-refractivity contribution in [2.75, 3.05) is 26.4 Å². The maximum absolute atomic E-state index is 13.6. The van der Waals surface area contributed by atoms with Gasteiger partial charge in [-0.3, -0.25) is 9.59 Å². The number of hydrogen-bond donors (Lipinski definition) is 14. The van der Waals surface area contributed by atoms with Crippen molar-refractivity contribution in [3.05, 3.63) is 12.2 Å². The molecule has 3 heterocycles. The lowest BCUT2D eigenvalue weighted by Gasteiger charge is -2.50.